The lowest BCUT2D eigenvalue weighted by atomic mass is 10.3. The maximum absolute atomic E-state index is 5.32. The van der Waals surface area contributed by atoms with Crippen LogP contribution < -0.4 is 15.0 Å². The Kier molecular flexibility index (Phi) is 4.92. The van der Waals surface area contributed by atoms with Gasteiger partial charge in [0.05, 0.1) is 17.7 Å². The minimum absolute atomic E-state index is 0.698. The Morgan fingerprint density at radius 3 is 2.70 bits per heavy atom. The molecule has 0 aliphatic carbocycles. The average molecular weight is 292 g/mol. The molecule has 0 saturated heterocycles. The van der Waals surface area contributed by atoms with E-state index in [1.807, 2.05) is 44.1 Å². The van der Waals surface area contributed by atoms with Crippen LogP contribution in [-0.4, -0.2) is 31.2 Å². The van der Waals surface area contributed by atoms with Gasteiger partial charge in [-0.25, -0.2) is 0 Å². The van der Waals surface area contributed by atoms with Gasteiger partial charge < -0.3 is 15.0 Å². The van der Waals surface area contributed by atoms with Crippen molar-refractivity contribution in [2.75, 3.05) is 26.1 Å². The van der Waals surface area contributed by atoms with Crippen molar-refractivity contribution in [1.29, 1.82) is 0 Å². The van der Waals surface area contributed by atoms with E-state index in [1.54, 1.807) is 18.4 Å². The van der Waals surface area contributed by atoms with Crippen molar-refractivity contribution in [2.24, 2.45) is 0 Å². The lowest BCUT2D eigenvalue weighted by molar-refractivity contribution is 0.394. The topological polar surface area (TPSA) is 50.3 Å². The third-order valence-electron chi connectivity index (χ3n) is 2.76. The lowest BCUT2D eigenvalue weighted by Gasteiger charge is -2.05. The number of anilines is 1. The van der Waals surface area contributed by atoms with Crippen LogP contribution in [0.15, 0.2) is 18.2 Å². The zero-order valence-corrected chi connectivity index (χ0v) is 13.1. The molecule has 20 heavy (non-hydrogen) atoms. The van der Waals surface area contributed by atoms with Crippen molar-refractivity contribution in [3.05, 3.63) is 34.5 Å². The molecule has 0 aliphatic heterocycles. The monoisotopic (exact) mass is 292 g/mol. The molecule has 0 aliphatic rings. The number of aromatic nitrogens is 2. The van der Waals surface area contributed by atoms with Gasteiger partial charge in [-0.15, -0.1) is 0 Å². The molecule has 108 valence electrons. The Morgan fingerprint density at radius 1 is 1.25 bits per heavy atom. The van der Waals surface area contributed by atoms with Gasteiger partial charge in [-0.2, -0.15) is 4.98 Å². The minimum atomic E-state index is 0.698. The zero-order valence-electron chi connectivity index (χ0n) is 12.3. The number of hydrogen-bond donors (Lipinski definition) is 1. The molecule has 2 aromatic rings. The molecule has 6 heteroatoms. The number of ether oxygens (including phenoxy) is 1. The molecular weight excluding hydrogens is 272 g/mol. The summed E-state index contributed by atoms with van der Waals surface area (Å²) in [6.45, 7) is 3.46. The first-order chi connectivity index (χ1) is 9.60. The van der Waals surface area contributed by atoms with Crippen molar-refractivity contribution in [3.8, 4) is 5.88 Å². The summed E-state index contributed by atoms with van der Waals surface area (Å²) in [7, 11) is 5.61. The Morgan fingerprint density at radius 2 is 2.05 bits per heavy atom. The number of rotatable bonds is 6. The molecule has 0 amide bonds. The summed E-state index contributed by atoms with van der Waals surface area (Å²) < 4.78 is 5.32. The van der Waals surface area contributed by atoms with E-state index in [4.69, 9.17) is 4.74 Å². The van der Waals surface area contributed by atoms with Crippen molar-refractivity contribution in [1.82, 2.24) is 15.3 Å². The number of pyridine rings is 1. The fourth-order valence-corrected chi connectivity index (χ4v) is 2.71. The summed E-state index contributed by atoms with van der Waals surface area (Å²) in [6.07, 6.45) is 0. The van der Waals surface area contributed by atoms with E-state index in [9.17, 15) is 0 Å². The SMILES string of the molecule is COc1nc(N(C)C)sc1CNCc1cccc(C)n1. The Labute approximate surface area is 123 Å². The normalized spacial score (nSPS) is 10.6. The van der Waals surface area contributed by atoms with Gasteiger partial charge in [0.1, 0.15) is 0 Å². The molecule has 0 fully saturated rings. The second kappa shape index (κ2) is 6.67. The van der Waals surface area contributed by atoms with Gasteiger partial charge in [-0.1, -0.05) is 17.4 Å². The Balaban J connectivity index is 1.97. The summed E-state index contributed by atoms with van der Waals surface area (Å²) in [6, 6.07) is 6.05. The standard InChI is InChI=1S/C14H20N4OS/c1-10-6-5-7-11(16-10)8-15-9-12-13(19-4)17-14(20-12)18(2)3/h5-7,15H,8-9H2,1-4H3. The summed E-state index contributed by atoms with van der Waals surface area (Å²) >= 11 is 1.64. The summed E-state index contributed by atoms with van der Waals surface area (Å²) in [5, 5.41) is 4.33. The molecule has 2 aromatic heterocycles. The molecule has 5 nitrogen and oxygen atoms in total. The molecule has 0 aromatic carbocycles. The zero-order chi connectivity index (χ0) is 14.5. The van der Waals surface area contributed by atoms with Crippen molar-refractivity contribution in [2.45, 2.75) is 20.0 Å². The highest BCUT2D eigenvalue weighted by Gasteiger charge is 2.12. The number of hydrogen-bond acceptors (Lipinski definition) is 6. The molecule has 1 N–H and O–H groups in total. The average Bonchev–Trinajstić information content (AvgIpc) is 2.82. The summed E-state index contributed by atoms with van der Waals surface area (Å²) in [4.78, 5) is 12.0. The van der Waals surface area contributed by atoms with Gasteiger partial charge in [0.2, 0.25) is 5.88 Å². The predicted octanol–water partition coefficient (Wildman–Crippen LogP) is 2.21. The van der Waals surface area contributed by atoms with Crippen molar-refractivity contribution >= 4 is 16.5 Å². The van der Waals surface area contributed by atoms with E-state index < -0.39 is 0 Å². The van der Waals surface area contributed by atoms with Crippen LogP contribution in [0, 0.1) is 6.92 Å². The first-order valence-corrected chi connectivity index (χ1v) is 7.26. The van der Waals surface area contributed by atoms with E-state index >= 15 is 0 Å². The van der Waals surface area contributed by atoms with E-state index in [-0.39, 0.29) is 0 Å². The predicted molar refractivity (Wildman–Crippen MR) is 82.5 cm³/mol. The van der Waals surface area contributed by atoms with Crippen LogP contribution in [-0.2, 0) is 13.1 Å². The summed E-state index contributed by atoms with van der Waals surface area (Å²) in [5.41, 5.74) is 2.08. The van der Waals surface area contributed by atoms with Crippen molar-refractivity contribution in [3.63, 3.8) is 0 Å². The van der Waals surface area contributed by atoms with Crippen molar-refractivity contribution < 1.29 is 4.74 Å². The number of aryl methyl sites for hydroxylation is 1. The fourth-order valence-electron chi connectivity index (χ4n) is 1.79. The second-order valence-corrected chi connectivity index (χ2v) is 5.76. The maximum Gasteiger partial charge on any atom is 0.230 e. The van der Waals surface area contributed by atoms with Crippen LogP contribution in [0.3, 0.4) is 0 Å². The molecule has 0 radical (unpaired) electrons. The number of thiazole rings is 1. The minimum Gasteiger partial charge on any atom is -0.480 e. The lowest BCUT2D eigenvalue weighted by Crippen LogP contribution is -2.13. The van der Waals surface area contributed by atoms with Gasteiger partial charge in [-0.05, 0) is 19.1 Å². The van der Waals surface area contributed by atoms with Gasteiger partial charge in [0.15, 0.2) is 5.13 Å². The number of methoxy groups -OCH3 is 1. The van der Waals surface area contributed by atoms with Crippen LogP contribution in [0.5, 0.6) is 5.88 Å². The van der Waals surface area contributed by atoms with E-state index in [2.05, 4.69) is 15.3 Å². The molecule has 0 saturated carbocycles. The number of nitrogens with one attached hydrogen (secondary N) is 1. The van der Waals surface area contributed by atoms with Gasteiger partial charge in [-0.3, -0.25) is 4.98 Å². The van der Waals surface area contributed by atoms with Crippen LogP contribution in [0.4, 0.5) is 5.13 Å². The maximum atomic E-state index is 5.32. The first-order valence-electron chi connectivity index (χ1n) is 6.44. The fraction of sp³-hybridized carbons (Fsp3) is 0.429. The highest BCUT2D eigenvalue weighted by molar-refractivity contribution is 7.15. The van der Waals surface area contributed by atoms with E-state index in [1.165, 1.54) is 0 Å². The third-order valence-corrected chi connectivity index (χ3v) is 3.97. The Hall–Kier alpha value is -1.66. The smallest absolute Gasteiger partial charge is 0.230 e. The van der Waals surface area contributed by atoms with Gasteiger partial charge in [0, 0.05) is 32.9 Å². The van der Waals surface area contributed by atoms with Crippen LogP contribution in [0.1, 0.15) is 16.3 Å². The van der Waals surface area contributed by atoms with Gasteiger partial charge >= 0.3 is 0 Å². The number of nitrogens with zero attached hydrogens (tertiary/aromatic N) is 3. The molecule has 2 rings (SSSR count). The van der Waals surface area contributed by atoms with Crippen LogP contribution >= 0.6 is 11.3 Å². The quantitative estimate of drug-likeness (QED) is 0.884. The molecule has 0 unspecified atom stereocenters. The Bertz CT molecular complexity index is 568. The van der Waals surface area contributed by atoms with E-state index in [0.717, 1.165) is 34.5 Å². The van der Waals surface area contributed by atoms with E-state index in [0.29, 0.717) is 5.88 Å². The summed E-state index contributed by atoms with van der Waals surface area (Å²) in [5.74, 6) is 0.698. The third kappa shape index (κ3) is 3.68. The van der Waals surface area contributed by atoms with Crippen LogP contribution in [0.2, 0.25) is 0 Å². The van der Waals surface area contributed by atoms with Crippen LogP contribution in [0.25, 0.3) is 0 Å². The first kappa shape index (κ1) is 14.7. The second-order valence-electron chi connectivity index (χ2n) is 4.70. The molecule has 0 bridgehead atoms. The highest BCUT2D eigenvalue weighted by Crippen LogP contribution is 2.30. The largest absolute Gasteiger partial charge is 0.480 e. The molecule has 2 heterocycles. The molecular formula is C14H20N4OS. The molecule has 0 spiro atoms. The van der Waals surface area contributed by atoms with Gasteiger partial charge in [0.25, 0.3) is 0 Å². The molecule has 0 atom stereocenters. The highest BCUT2D eigenvalue weighted by atomic mass is 32.1.